The maximum absolute atomic E-state index is 7.65. The zero-order valence-electron chi connectivity index (χ0n) is 23.1. The molecule has 3 nitrogen and oxygen atoms in total. The van der Waals surface area contributed by atoms with Gasteiger partial charge >= 0.3 is 0 Å². The van der Waals surface area contributed by atoms with E-state index in [-0.39, 0.29) is 0 Å². The summed E-state index contributed by atoms with van der Waals surface area (Å²) < 4.78 is 2.29. The quantitative estimate of drug-likeness (QED) is 0.120. The van der Waals surface area contributed by atoms with Crippen molar-refractivity contribution >= 4 is 70.8 Å². The Morgan fingerprint density at radius 1 is 0.488 bits per heavy atom. The normalized spacial score (nSPS) is 11.7. The van der Waals surface area contributed by atoms with Crippen LogP contribution in [0.3, 0.4) is 0 Å². The van der Waals surface area contributed by atoms with Crippen molar-refractivity contribution < 1.29 is 0 Å². The lowest BCUT2D eigenvalue weighted by Gasteiger charge is -2.15. The van der Waals surface area contributed by atoms with Crippen LogP contribution in [-0.2, 0) is 0 Å². The van der Waals surface area contributed by atoms with Crippen LogP contribution in [0.25, 0.3) is 86.8 Å². The average molecular weight is 546 g/mol. The minimum Gasteiger partial charge on any atom is -0.310 e. The minimum absolute atomic E-state index is 0.637. The van der Waals surface area contributed by atoms with Gasteiger partial charge in [-0.2, -0.15) is 0 Å². The molecule has 0 aliphatic carbocycles. The molecule has 9 rings (SSSR count). The SMILES string of the molecule is [C-]#[N+]c1ccc2c3ccc(-c4c5ccc6ccccc6c5nc5c4ccc4ccccc45)cc3n(-c3ccccc3)c2c1. The first kappa shape index (κ1) is 23.7. The van der Waals surface area contributed by atoms with Crippen molar-refractivity contribution in [1.82, 2.24) is 9.55 Å². The number of para-hydroxylation sites is 1. The number of fused-ring (bicyclic) bond motifs is 9. The van der Waals surface area contributed by atoms with Crippen LogP contribution in [0.1, 0.15) is 0 Å². The van der Waals surface area contributed by atoms with Gasteiger partial charge in [0, 0.05) is 49.1 Å². The number of aromatic nitrogens is 2. The van der Waals surface area contributed by atoms with E-state index in [1.807, 2.05) is 18.2 Å². The maximum Gasteiger partial charge on any atom is 0.189 e. The van der Waals surface area contributed by atoms with Gasteiger partial charge in [0.25, 0.3) is 0 Å². The zero-order chi connectivity index (χ0) is 28.5. The smallest absolute Gasteiger partial charge is 0.189 e. The van der Waals surface area contributed by atoms with Gasteiger partial charge in [0.15, 0.2) is 5.69 Å². The zero-order valence-corrected chi connectivity index (χ0v) is 23.1. The molecule has 0 bridgehead atoms. The fraction of sp³-hybridized carbons (Fsp3) is 0. The van der Waals surface area contributed by atoms with Gasteiger partial charge in [-0.25, -0.2) is 9.83 Å². The lowest BCUT2D eigenvalue weighted by Crippen LogP contribution is -1.94. The van der Waals surface area contributed by atoms with Crippen LogP contribution < -0.4 is 0 Å². The second kappa shape index (κ2) is 9.01. The summed E-state index contributed by atoms with van der Waals surface area (Å²) in [5, 5.41) is 9.25. The van der Waals surface area contributed by atoms with Gasteiger partial charge in [0.2, 0.25) is 0 Å². The van der Waals surface area contributed by atoms with Crippen molar-refractivity contribution in [2.75, 3.05) is 0 Å². The number of hydrogen-bond donors (Lipinski definition) is 0. The molecule has 0 amide bonds. The largest absolute Gasteiger partial charge is 0.310 e. The molecule has 9 aromatic rings. The summed E-state index contributed by atoms with van der Waals surface area (Å²) in [5.41, 5.74) is 8.21. The van der Waals surface area contributed by atoms with Gasteiger partial charge < -0.3 is 4.57 Å². The van der Waals surface area contributed by atoms with Crippen molar-refractivity contribution in [3.05, 3.63) is 151 Å². The molecule has 0 aliphatic rings. The van der Waals surface area contributed by atoms with E-state index < -0.39 is 0 Å². The third-order valence-electron chi connectivity index (χ3n) is 8.75. The van der Waals surface area contributed by atoms with Gasteiger partial charge in [-0.3, -0.25) is 0 Å². The Hall–Kier alpha value is -5.98. The van der Waals surface area contributed by atoms with E-state index in [9.17, 15) is 0 Å². The Labute approximate surface area is 247 Å². The molecule has 0 saturated carbocycles. The van der Waals surface area contributed by atoms with Gasteiger partial charge in [0.1, 0.15) is 0 Å². The molecule has 0 radical (unpaired) electrons. The molecule has 0 fully saturated rings. The van der Waals surface area contributed by atoms with Crippen LogP contribution in [0.5, 0.6) is 0 Å². The van der Waals surface area contributed by atoms with E-state index in [0.717, 1.165) is 65.6 Å². The monoisotopic (exact) mass is 545 g/mol. The van der Waals surface area contributed by atoms with Crippen molar-refractivity contribution in [3.63, 3.8) is 0 Å². The predicted octanol–water partition coefficient (Wildman–Crippen LogP) is 11.0. The first-order valence-corrected chi connectivity index (χ1v) is 14.4. The number of pyridine rings is 1. The highest BCUT2D eigenvalue weighted by Crippen LogP contribution is 2.42. The molecule has 2 aromatic heterocycles. The van der Waals surface area contributed by atoms with E-state index in [1.165, 1.54) is 16.3 Å². The van der Waals surface area contributed by atoms with Crippen LogP contribution in [0, 0.1) is 6.57 Å². The third kappa shape index (κ3) is 3.44. The van der Waals surface area contributed by atoms with E-state index in [2.05, 4.69) is 131 Å². The predicted molar refractivity (Wildman–Crippen MR) is 180 cm³/mol. The Bertz CT molecular complexity index is 2530. The summed E-state index contributed by atoms with van der Waals surface area (Å²) in [7, 11) is 0. The lowest BCUT2D eigenvalue weighted by atomic mass is 9.92. The minimum atomic E-state index is 0.637. The molecule has 0 unspecified atom stereocenters. The van der Waals surface area contributed by atoms with Gasteiger partial charge in [-0.15, -0.1) is 0 Å². The molecular formula is C40H23N3. The van der Waals surface area contributed by atoms with E-state index in [4.69, 9.17) is 11.6 Å². The maximum atomic E-state index is 7.65. The third-order valence-corrected chi connectivity index (χ3v) is 8.75. The van der Waals surface area contributed by atoms with E-state index in [1.54, 1.807) is 0 Å². The van der Waals surface area contributed by atoms with Gasteiger partial charge in [-0.05, 0) is 40.6 Å². The Morgan fingerprint density at radius 2 is 1.05 bits per heavy atom. The van der Waals surface area contributed by atoms with Crippen molar-refractivity contribution in [3.8, 4) is 16.8 Å². The molecule has 0 atom stereocenters. The second-order valence-corrected chi connectivity index (χ2v) is 11.1. The highest BCUT2D eigenvalue weighted by Gasteiger charge is 2.18. The first-order valence-electron chi connectivity index (χ1n) is 14.4. The molecule has 3 heteroatoms. The van der Waals surface area contributed by atoms with Crippen molar-refractivity contribution in [2.45, 2.75) is 0 Å². The highest BCUT2D eigenvalue weighted by atomic mass is 15.0. The highest BCUT2D eigenvalue weighted by molar-refractivity contribution is 6.22. The average Bonchev–Trinajstić information content (AvgIpc) is 3.40. The lowest BCUT2D eigenvalue weighted by molar-refractivity contribution is 1.18. The van der Waals surface area contributed by atoms with Crippen molar-refractivity contribution in [1.29, 1.82) is 0 Å². The van der Waals surface area contributed by atoms with E-state index in [0.29, 0.717) is 5.69 Å². The number of rotatable bonds is 2. The van der Waals surface area contributed by atoms with Gasteiger partial charge in [0.05, 0.1) is 23.1 Å². The molecule has 198 valence electrons. The summed E-state index contributed by atoms with van der Waals surface area (Å²) >= 11 is 0. The van der Waals surface area contributed by atoms with Gasteiger partial charge in [-0.1, -0.05) is 115 Å². The standard InChI is InChI=1S/C40H23N3/c1-41-28-18-22-33-32-19-17-27(23-36(32)43(37(33)24-28)29-11-3-2-4-12-29)38-34-20-15-25-9-5-7-13-30(25)39(34)42-40-31-14-8-6-10-26(31)16-21-35(38)40/h2-24H. The Kier molecular flexibility index (Phi) is 4.97. The fourth-order valence-electron chi connectivity index (χ4n) is 6.81. The van der Waals surface area contributed by atoms with Crippen LogP contribution >= 0.6 is 0 Å². The molecule has 43 heavy (non-hydrogen) atoms. The van der Waals surface area contributed by atoms with Crippen molar-refractivity contribution in [2.24, 2.45) is 0 Å². The number of nitrogens with zero attached hydrogens (tertiary/aromatic N) is 3. The molecule has 0 N–H and O–H groups in total. The summed E-state index contributed by atoms with van der Waals surface area (Å²) in [4.78, 5) is 9.11. The number of hydrogen-bond acceptors (Lipinski definition) is 1. The van der Waals surface area contributed by atoms with Crippen LogP contribution in [0.15, 0.2) is 140 Å². The summed E-state index contributed by atoms with van der Waals surface area (Å²) in [5.74, 6) is 0. The summed E-state index contributed by atoms with van der Waals surface area (Å²) in [6, 6.07) is 49.1. The second-order valence-electron chi connectivity index (χ2n) is 11.1. The topological polar surface area (TPSA) is 22.2 Å². The summed E-state index contributed by atoms with van der Waals surface area (Å²) in [6.45, 7) is 7.65. The molecule has 0 aliphatic heterocycles. The van der Waals surface area contributed by atoms with Crippen LogP contribution in [-0.4, -0.2) is 9.55 Å². The molecule has 7 aromatic carbocycles. The molecular weight excluding hydrogens is 522 g/mol. The van der Waals surface area contributed by atoms with Crippen LogP contribution in [0.2, 0.25) is 0 Å². The van der Waals surface area contributed by atoms with E-state index >= 15 is 0 Å². The number of benzene rings is 7. The van der Waals surface area contributed by atoms with Crippen LogP contribution in [0.4, 0.5) is 5.69 Å². The Morgan fingerprint density at radius 3 is 1.70 bits per heavy atom. The molecule has 0 spiro atoms. The summed E-state index contributed by atoms with van der Waals surface area (Å²) in [6.07, 6.45) is 0. The Balaban J connectivity index is 1.45. The molecule has 2 heterocycles. The fourth-order valence-corrected chi connectivity index (χ4v) is 6.81. The first-order chi connectivity index (χ1) is 21.3. The molecule has 0 saturated heterocycles.